The minimum Gasteiger partial charge on any atom is -0.482 e. The van der Waals surface area contributed by atoms with Crippen molar-refractivity contribution in [2.24, 2.45) is 11.1 Å². The number of carbonyl (C=O) groups excluding carboxylic acids is 1. The molecule has 2 aromatic carbocycles. The SMILES string of the molecule is CC(C)(C(F)(F)F)[C@@]1(CCc2n[nH]c(=O)o2)CN(Cc2ccccc2)c2cc(OC(N)=O)ccc2O1. The summed E-state index contributed by atoms with van der Waals surface area (Å²) >= 11 is 0. The van der Waals surface area contributed by atoms with Gasteiger partial charge in [-0.3, -0.25) is 0 Å². The summed E-state index contributed by atoms with van der Waals surface area (Å²) in [6, 6.07) is 13.5. The highest BCUT2D eigenvalue weighted by molar-refractivity contribution is 5.71. The number of ether oxygens (including phenoxy) is 2. The number of H-pyrrole nitrogens is 1. The summed E-state index contributed by atoms with van der Waals surface area (Å²) in [5.74, 6) is -0.512. The fourth-order valence-corrected chi connectivity index (χ4v) is 4.29. The number of hydrogen-bond donors (Lipinski definition) is 2. The van der Waals surface area contributed by atoms with E-state index in [0.717, 1.165) is 19.4 Å². The van der Waals surface area contributed by atoms with Crippen LogP contribution in [0, 0.1) is 5.41 Å². The van der Waals surface area contributed by atoms with E-state index in [-0.39, 0.29) is 43.3 Å². The molecule has 0 spiro atoms. The van der Waals surface area contributed by atoms with Crippen LogP contribution in [0.25, 0.3) is 0 Å². The molecule has 0 radical (unpaired) electrons. The number of benzene rings is 2. The number of rotatable bonds is 7. The first kappa shape index (κ1) is 25.1. The van der Waals surface area contributed by atoms with Crippen LogP contribution in [0.1, 0.15) is 31.7 Å². The van der Waals surface area contributed by atoms with E-state index in [9.17, 15) is 22.8 Å². The predicted molar refractivity (Wildman–Crippen MR) is 123 cm³/mol. The van der Waals surface area contributed by atoms with Crippen LogP contribution in [0.2, 0.25) is 0 Å². The quantitative estimate of drug-likeness (QED) is 0.493. The van der Waals surface area contributed by atoms with Crippen molar-refractivity contribution >= 4 is 11.8 Å². The number of alkyl halides is 3. The average Bonchev–Trinajstić information content (AvgIpc) is 3.22. The number of carbonyl (C=O) groups is 1. The largest absolute Gasteiger partial charge is 0.482 e. The Bertz CT molecular complexity index is 1290. The maximum absolute atomic E-state index is 14.5. The molecule has 0 saturated carbocycles. The zero-order valence-corrected chi connectivity index (χ0v) is 19.6. The van der Waals surface area contributed by atoms with Crippen LogP contribution >= 0.6 is 0 Å². The summed E-state index contributed by atoms with van der Waals surface area (Å²) in [6.45, 7) is 2.26. The summed E-state index contributed by atoms with van der Waals surface area (Å²) < 4.78 is 59.5. The van der Waals surface area contributed by atoms with Gasteiger partial charge in [0.1, 0.15) is 22.5 Å². The lowest BCUT2D eigenvalue weighted by Crippen LogP contribution is -2.64. The molecule has 1 amide bonds. The highest BCUT2D eigenvalue weighted by Gasteiger charge is 2.64. The maximum atomic E-state index is 14.5. The number of nitrogens with zero attached hydrogens (tertiary/aromatic N) is 2. The number of halogens is 3. The summed E-state index contributed by atoms with van der Waals surface area (Å²) in [7, 11) is 0. The van der Waals surface area contributed by atoms with E-state index < -0.39 is 29.0 Å². The molecule has 1 aliphatic heterocycles. The molecule has 1 aliphatic rings. The van der Waals surface area contributed by atoms with E-state index in [1.165, 1.54) is 18.2 Å². The van der Waals surface area contributed by atoms with E-state index in [4.69, 9.17) is 19.6 Å². The molecule has 0 bridgehead atoms. The molecule has 4 rings (SSSR count). The highest BCUT2D eigenvalue weighted by Crippen LogP contribution is 2.54. The Morgan fingerprint density at radius 1 is 1.22 bits per heavy atom. The molecule has 0 saturated heterocycles. The summed E-state index contributed by atoms with van der Waals surface area (Å²) in [4.78, 5) is 24.4. The van der Waals surface area contributed by atoms with Gasteiger partial charge in [0.25, 0.3) is 0 Å². The summed E-state index contributed by atoms with van der Waals surface area (Å²) in [5, 5.41) is 5.85. The van der Waals surface area contributed by atoms with E-state index >= 15 is 0 Å². The third-order valence-electron chi connectivity index (χ3n) is 6.53. The molecule has 3 N–H and O–H groups in total. The molecule has 1 aromatic heterocycles. The van der Waals surface area contributed by atoms with E-state index in [1.807, 2.05) is 30.3 Å². The third-order valence-corrected chi connectivity index (χ3v) is 6.53. The van der Waals surface area contributed by atoms with E-state index in [1.54, 1.807) is 4.90 Å². The topological polar surface area (TPSA) is 124 Å². The first-order valence-electron chi connectivity index (χ1n) is 11.1. The van der Waals surface area contributed by atoms with Gasteiger partial charge in [-0.2, -0.15) is 13.2 Å². The van der Waals surface area contributed by atoms with Crippen LogP contribution in [0.5, 0.6) is 11.5 Å². The second-order valence-corrected chi connectivity index (χ2v) is 9.12. The first-order valence-corrected chi connectivity index (χ1v) is 11.1. The van der Waals surface area contributed by atoms with Gasteiger partial charge in [0, 0.05) is 19.0 Å². The number of nitrogens with two attached hydrogens (primary N) is 1. The van der Waals surface area contributed by atoms with Gasteiger partial charge in [-0.05, 0) is 38.0 Å². The monoisotopic (exact) mass is 506 g/mol. The lowest BCUT2D eigenvalue weighted by molar-refractivity contribution is -0.265. The van der Waals surface area contributed by atoms with Crippen LogP contribution in [0.4, 0.5) is 23.7 Å². The smallest absolute Gasteiger partial charge is 0.434 e. The van der Waals surface area contributed by atoms with E-state index in [2.05, 4.69) is 10.2 Å². The molecule has 2 heterocycles. The zero-order chi connectivity index (χ0) is 26.1. The minimum absolute atomic E-state index is 0.0217. The number of aromatic amines is 1. The highest BCUT2D eigenvalue weighted by atomic mass is 19.4. The van der Waals surface area contributed by atoms with Crippen LogP contribution < -0.4 is 25.9 Å². The van der Waals surface area contributed by atoms with Gasteiger partial charge in [-0.1, -0.05) is 30.3 Å². The zero-order valence-electron chi connectivity index (χ0n) is 19.6. The number of aryl methyl sites for hydroxylation is 1. The molecule has 0 aliphatic carbocycles. The number of fused-ring (bicyclic) bond motifs is 1. The van der Waals surface area contributed by atoms with Crippen LogP contribution in [0.3, 0.4) is 0 Å². The van der Waals surface area contributed by atoms with Gasteiger partial charge in [-0.25, -0.2) is 14.7 Å². The Hall–Kier alpha value is -3.96. The van der Waals surface area contributed by atoms with Gasteiger partial charge < -0.3 is 24.5 Å². The molecule has 0 unspecified atom stereocenters. The number of aromatic nitrogens is 2. The molecular weight excluding hydrogens is 481 g/mol. The lowest BCUT2D eigenvalue weighted by atomic mass is 9.70. The van der Waals surface area contributed by atoms with Crippen LogP contribution in [0.15, 0.2) is 57.7 Å². The maximum Gasteiger partial charge on any atom is 0.434 e. The number of hydrogen-bond acceptors (Lipinski definition) is 7. The van der Waals surface area contributed by atoms with Gasteiger partial charge in [0.05, 0.1) is 12.2 Å². The Balaban J connectivity index is 1.80. The van der Waals surface area contributed by atoms with Gasteiger partial charge in [0.15, 0.2) is 0 Å². The Morgan fingerprint density at radius 2 is 1.94 bits per heavy atom. The minimum atomic E-state index is -4.63. The van der Waals surface area contributed by atoms with Crippen molar-refractivity contribution in [2.75, 3.05) is 11.4 Å². The van der Waals surface area contributed by atoms with Crippen molar-refractivity contribution in [2.45, 2.75) is 45.0 Å². The normalized spacial score (nSPS) is 17.9. The number of amides is 1. The average molecular weight is 506 g/mol. The van der Waals surface area contributed by atoms with Crippen molar-refractivity contribution in [3.8, 4) is 11.5 Å². The Labute approximate surface area is 204 Å². The van der Waals surface area contributed by atoms with Crippen molar-refractivity contribution < 1.29 is 31.9 Å². The second kappa shape index (κ2) is 9.25. The molecule has 1 atom stereocenters. The molecule has 192 valence electrons. The molecule has 9 nitrogen and oxygen atoms in total. The molecule has 3 aromatic rings. The summed E-state index contributed by atoms with van der Waals surface area (Å²) in [5.41, 5.74) is 2.30. The molecule has 12 heteroatoms. The predicted octanol–water partition coefficient (Wildman–Crippen LogP) is 4.18. The Morgan fingerprint density at radius 3 is 2.56 bits per heavy atom. The van der Waals surface area contributed by atoms with Crippen molar-refractivity contribution in [1.29, 1.82) is 0 Å². The second-order valence-electron chi connectivity index (χ2n) is 9.12. The first-order chi connectivity index (χ1) is 16.9. The van der Waals surface area contributed by atoms with Crippen molar-refractivity contribution in [3.63, 3.8) is 0 Å². The molecule has 0 fully saturated rings. The number of nitrogens with one attached hydrogen (secondary N) is 1. The van der Waals surface area contributed by atoms with Gasteiger partial charge >= 0.3 is 18.0 Å². The summed E-state index contributed by atoms with van der Waals surface area (Å²) in [6.07, 6.45) is -5.88. The number of anilines is 1. The lowest BCUT2D eigenvalue weighted by Gasteiger charge is -2.52. The fraction of sp³-hybridized carbons (Fsp3) is 0.375. The van der Waals surface area contributed by atoms with Gasteiger partial charge in [0.2, 0.25) is 5.89 Å². The molecule has 36 heavy (non-hydrogen) atoms. The fourth-order valence-electron chi connectivity index (χ4n) is 4.29. The standard InChI is InChI=1S/C24H25F3N4O5/c1-22(2,24(25,26)27)23(11-10-19-29-30-21(33)35-19)14-31(13-15-6-4-3-5-7-15)17-12-16(34-20(28)32)8-9-18(17)36-23/h3-9,12H,10-11,13-14H2,1-2H3,(H2,28,32)(H,30,33)/t23-/m1/s1. The molecular formula is C24H25F3N4O5. The van der Waals surface area contributed by atoms with E-state index in [0.29, 0.717) is 5.69 Å². The number of primary amides is 1. The third kappa shape index (κ3) is 4.88. The van der Waals surface area contributed by atoms with Gasteiger partial charge in [-0.15, -0.1) is 5.10 Å². The van der Waals surface area contributed by atoms with Crippen molar-refractivity contribution in [3.05, 3.63) is 70.5 Å². The van der Waals surface area contributed by atoms with Crippen LogP contribution in [-0.2, 0) is 13.0 Å². The Kier molecular flexibility index (Phi) is 6.46. The van der Waals surface area contributed by atoms with Crippen molar-refractivity contribution in [1.82, 2.24) is 10.2 Å². The van der Waals surface area contributed by atoms with Crippen LogP contribution in [-0.4, -0.2) is 34.6 Å².